The van der Waals surface area contributed by atoms with Gasteiger partial charge in [-0.2, -0.15) is 0 Å². The average Bonchev–Trinajstić information content (AvgIpc) is 3.17. The molecule has 0 aliphatic carbocycles. The number of carbonyl (C=O) groups excluding carboxylic acids is 1. The highest BCUT2D eigenvalue weighted by molar-refractivity contribution is 5.94. The van der Waals surface area contributed by atoms with Crippen molar-refractivity contribution in [1.82, 2.24) is 14.8 Å². The Hall–Kier alpha value is -2.80. The van der Waals surface area contributed by atoms with E-state index in [1.54, 1.807) is 18.3 Å². The lowest BCUT2D eigenvalue weighted by molar-refractivity contribution is 0.0628. The van der Waals surface area contributed by atoms with Crippen molar-refractivity contribution in [2.45, 2.75) is 13.5 Å². The van der Waals surface area contributed by atoms with E-state index in [0.717, 1.165) is 31.1 Å². The summed E-state index contributed by atoms with van der Waals surface area (Å²) in [5.74, 6) is 2.18. The van der Waals surface area contributed by atoms with Gasteiger partial charge >= 0.3 is 0 Å². The second-order valence-electron chi connectivity index (χ2n) is 6.57. The number of fused-ring (bicyclic) bond motifs is 1. The molecule has 3 heterocycles. The molecule has 7 heteroatoms. The molecule has 0 spiro atoms. The molecule has 1 amide bonds. The quantitative estimate of drug-likeness (QED) is 0.805. The third-order valence-corrected chi connectivity index (χ3v) is 4.78. The van der Waals surface area contributed by atoms with E-state index in [1.807, 2.05) is 24.0 Å². The fourth-order valence-electron chi connectivity index (χ4n) is 3.33. The summed E-state index contributed by atoms with van der Waals surface area (Å²) in [5.41, 5.74) is 1.79. The number of pyridine rings is 1. The number of hydrogen-bond donors (Lipinski definition) is 0. The lowest BCUT2D eigenvalue weighted by atomic mass is 10.1. The molecule has 4 rings (SSSR count). The van der Waals surface area contributed by atoms with Crippen LogP contribution in [0.2, 0.25) is 0 Å². The lowest BCUT2D eigenvalue weighted by Gasteiger charge is -2.34. The van der Waals surface area contributed by atoms with Crippen LogP contribution in [-0.4, -0.2) is 60.3 Å². The monoisotopic (exact) mass is 369 g/mol. The van der Waals surface area contributed by atoms with E-state index in [2.05, 4.69) is 16.0 Å². The predicted octanol–water partition coefficient (Wildman–Crippen LogP) is 2.17. The van der Waals surface area contributed by atoms with Crippen LogP contribution in [0.1, 0.15) is 22.8 Å². The van der Waals surface area contributed by atoms with Crippen molar-refractivity contribution < 1.29 is 19.0 Å². The SMILES string of the molecule is CCOc1ccc(C(=O)N2CCN(Cc3ccc4c(c3)OCO4)CC2)cn1. The minimum Gasteiger partial charge on any atom is -0.478 e. The average molecular weight is 369 g/mol. The summed E-state index contributed by atoms with van der Waals surface area (Å²) in [6, 6.07) is 9.57. The van der Waals surface area contributed by atoms with Crippen molar-refractivity contribution in [3.63, 3.8) is 0 Å². The fourth-order valence-corrected chi connectivity index (χ4v) is 3.33. The van der Waals surface area contributed by atoms with Crippen LogP contribution in [0.3, 0.4) is 0 Å². The van der Waals surface area contributed by atoms with E-state index >= 15 is 0 Å². The Labute approximate surface area is 158 Å². The topological polar surface area (TPSA) is 64.1 Å². The Kier molecular flexibility index (Phi) is 5.11. The standard InChI is InChI=1S/C20H23N3O4/c1-2-25-19-6-4-16(12-21-19)20(24)23-9-7-22(8-10-23)13-15-3-5-17-18(11-15)27-14-26-17/h3-6,11-12H,2,7-10,13-14H2,1H3. The van der Waals surface area contributed by atoms with Gasteiger partial charge in [0, 0.05) is 45.0 Å². The van der Waals surface area contributed by atoms with E-state index in [0.29, 0.717) is 37.9 Å². The number of aromatic nitrogens is 1. The Bertz CT molecular complexity index is 801. The summed E-state index contributed by atoms with van der Waals surface area (Å²) in [6.07, 6.45) is 1.59. The van der Waals surface area contributed by atoms with Gasteiger partial charge in [-0.1, -0.05) is 6.07 Å². The molecule has 0 saturated carbocycles. The number of nitrogens with zero attached hydrogens (tertiary/aromatic N) is 3. The molecule has 27 heavy (non-hydrogen) atoms. The minimum atomic E-state index is 0.0216. The first-order chi connectivity index (χ1) is 13.2. The van der Waals surface area contributed by atoms with Crippen LogP contribution >= 0.6 is 0 Å². The second-order valence-corrected chi connectivity index (χ2v) is 6.57. The Morgan fingerprint density at radius 2 is 1.93 bits per heavy atom. The van der Waals surface area contributed by atoms with Gasteiger partial charge in [-0.05, 0) is 30.7 Å². The van der Waals surface area contributed by atoms with Crippen LogP contribution in [0, 0.1) is 0 Å². The van der Waals surface area contributed by atoms with E-state index in [4.69, 9.17) is 14.2 Å². The summed E-state index contributed by atoms with van der Waals surface area (Å²) < 4.78 is 16.1. The molecule has 0 bridgehead atoms. The van der Waals surface area contributed by atoms with Crippen molar-refractivity contribution in [2.75, 3.05) is 39.6 Å². The number of piperazine rings is 1. The summed E-state index contributed by atoms with van der Waals surface area (Å²) in [6.45, 7) is 6.68. The molecule has 0 N–H and O–H groups in total. The zero-order chi connectivity index (χ0) is 18.6. The van der Waals surface area contributed by atoms with Gasteiger partial charge in [0.2, 0.25) is 12.7 Å². The van der Waals surface area contributed by atoms with Gasteiger partial charge in [0.05, 0.1) is 12.2 Å². The summed E-state index contributed by atoms with van der Waals surface area (Å²) in [5, 5.41) is 0. The maximum absolute atomic E-state index is 12.7. The Morgan fingerprint density at radius 1 is 1.11 bits per heavy atom. The second kappa shape index (κ2) is 7.84. The van der Waals surface area contributed by atoms with Crippen molar-refractivity contribution in [2.24, 2.45) is 0 Å². The molecule has 1 fully saturated rings. The zero-order valence-electron chi connectivity index (χ0n) is 15.4. The maximum Gasteiger partial charge on any atom is 0.255 e. The highest BCUT2D eigenvalue weighted by Gasteiger charge is 2.23. The zero-order valence-corrected chi connectivity index (χ0v) is 15.4. The largest absolute Gasteiger partial charge is 0.478 e. The highest BCUT2D eigenvalue weighted by atomic mass is 16.7. The molecular weight excluding hydrogens is 346 g/mol. The smallest absolute Gasteiger partial charge is 0.255 e. The third kappa shape index (κ3) is 3.98. The van der Waals surface area contributed by atoms with Gasteiger partial charge in [0.25, 0.3) is 5.91 Å². The maximum atomic E-state index is 12.7. The first-order valence-electron chi connectivity index (χ1n) is 9.22. The normalized spacial score (nSPS) is 16.4. The summed E-state index contributed by atoms with van der Waals surface area (Å²) in [7, 11) is 0. The number of carbonyl (C=O) groups is 1. The molecule has 1 aromatic carbocycles. The lowest BCUT2D eigenvalue weighted by Crippen LogP contribution is -2.48. The van der Waals surface area contributed by atoms with Gasteiger partial charge in [0.15, 0.2) is 11.5 Å². The molecule has 2 aliphatic rings. The van der Waals surface area contributed by atoms with Gasteiger partial charge in [0.1, 0.15) is 0 Å². The molecule has 2 aromatic rings. The minimum absolute atomic E-state index is 0.0216. The number of hydrogen-bond acceptors (Lipinski definition) is 6. The molecular formula is C20H23N3O4. The molecule has 142 valence electrons. The highest BCUT2D eigenvalue weighted by Crippen LogP contribution is 2.32. The number of amides is 1. The first kappa shape index (κ1) is 17.6. The van der Waals surface area contributed by atoms with Crippen LogP contribution in [-0.2, 0) is 6.54 Å². The van der Waals surface area contributed by atoms with Gasteiger partial charge in [-0.3, -0.25) is 9.69 Å². The van der Waals surface area contributed by atoms with Crippen molar-refractivity contribution in [3.05, 3.63) is 47.7 Å². The Balaban J connectivity index is 1.31. The van der Waals surface area contributed by atoms with Crippen LogP contribution in [0.5, 0.6) is 17.4 Å². The molecule has 7 nitrogen and oxygen atoms in total. The Morgan fingerprint density at radius 3 is 2.67 bits per heavy atom. The molecule has 0 unspecified atom stereocenters. The van der Waals surface area contributed by atoms with Gasteiger partial charge in [-0.25, -0.2) is 4.98 Å². The third-order valence-electron chi connectivity index (χ3n) is 4.78. The van der Waals surface area contributed by atoms with Crippen molar-refractivity contribution in [1.29, 1.82) is 0 Å². The van der Waals surface area contributed by atoms with E-state index in [9.17, 15) is 4.79 Å². The van der Waals surface area contributed by atoms with Crippen LogP contribution in [0.15, 0.2) is 36.5 Å². The summed E-state index contributed by atoms with van der Waals surface area (Å²) in [4.78, 5) is 21.1. The fraction of sp³-hybridized carbons (Fsp3) is 0.400. The van der Waals surface area contributed by atoms with Crippen LogP contribution in [0.4, 0.5) is 0 Å². The molecule has 2 aliphatic heterocycles. The van der Waals surface area contributed by atoms with E-state index in [1.165, 1.54) is 5.56 Å². The number of benzene rings is 1. The van der Waals surface area contributed by atoms with Crippen molar-refractivity contribution >= 4 is 5.91 Å². The van der Waals surface area contributed by atoms with Crippen LogP contribution < -0.4 is 14.2 Å². The molecule has 1 saturated heterocycles. The molecule has 1 aromatic heterocycles. The molecule has 0 atom stereocenters. The van der Waals surface area contributed by atoms with E-state index < -0.39 is 0 Å². The number of ether oxygens (including phenoxy) is 3. The van der Waals surface area contributed by atoms with E-state index in [-0.39, 0.29) is 5.91 Å². The summed E-state index contributed by atoms with van der Waals surface area (Å²) >= 11 is 0. The van der Waals surface area contributed by atoms with Crippen LogP contribution in [0.25, 0.3) is 0 Å². The van der Waals surface area contributed by atoms with Gasteiger partial charge < -0.3 is 19.1 Å². The number of rotatable bonds is 5. The predicted molar refractivity (Wildman–Crippen MR) is 99.2 cm³/mol. The van der Waals surface area contributed by atoms with Crippen molar-refractivity contribution in [3.8, 4) is 17.4 Å². The first-order valence-corrected chi connectivity index (χ1v) is 9.22. The molecule has 0 radical (unpaired) electrons. The van der Waals surface area contributed by atoms with Gasteiger partial charge in [-0.15, -0.1) is 0 Å².